The molecule has 2 heterocycles. The maximum Gasteiger partial charge on any atom is 0.236 e. The van der Waals surface area contributed by atoms with Crippen LogP contribution in [0.4, 0.5) is 0 Å². The van der Waals surface area contributed by atoms with Gasteiger partial charge in [0, 0.05) is 32.2 Å². The number of ether oxygens (including phenoxy) is 3. The Morgan fingerprint density at radius 1 is 1.14 bits per heavy atom. The van der Waals surface area contributed by atoms with Gasteiger partial charge in [-0.05, 0) is 30.5 Å². The standard InChI is InChI=1S/C20H29N3O5.ClH/c1-26-16-9-14(10-17(27-2)20(16)28-3)11-18(24)22-7-4-5-15(13-22)23-8-6-21-12-19(23)25;/h9-10,15,21H,4-8,11-13H2,1-3H3;1H. The summed E-state index contributed by atoms with van der Waals surface area (Å²) in [7, 11) is 4.67. The third kappa shape index (κ3) is 5.25. The summed E-state index contributed by atoms with van der Waals surface area (Å²) in [6.45, 7) is 3.21. The molecule has 1 unspecified atom stereocenters. The number of carbonyl (C=O) groups excluding carboxylic acids is 2. The van der Waals surface area contributed by atoms with Crippen LogP contribution in [0.2, 0.25) is 0 Å². The zero-order chi connectivity index (χ0) is 20.1. The number of hydrogen-bond donors (Lipinski definition) is 1. The third-order valence-corrected chi connectivity index (χ3v) is 5.40. The first-order valence-electron chi connectivity index (χ1n) is 9.64. The van der Waals surface area contributed by atoms with E-state index in [0.717, 1.165) is 31.5 Å². The summed E-state index contributed by atoms with van der Waals surface area (Å²) < 4.78 is 16.1. The smallest absolute Gasteiger partial charge is 0.236 e. The molecule has 0 aliphatic carbocycles. The second kappa shape index (κ2) is 10.5. The van der Waals surface area contributed by atoms with Crippen LogP contribution in [0.5, 0.6) is 17.2 Å². The van der Waals surface area contributed by atoms with Gasteiger partial charge >= 0.3 is 0 Å². The molecule has 1 atom stereocenters. The van der Waals surface area contributed by atoms with Crippen molar-refractivity contribution in [2.45, 2.75) is 25.3 Å². The van der Waals surface area contributed by atoms with Crippen molar-refractivity contribution in [3.05, 3.63) is 17.7 Å². The average molecular weight is 428 g/mol. The Kier molecular flexibility index (Phi) is 8.40. The molecule has 8 nitrogen and oxygen atoms in total. The summed E-state index contributed by atoms with van der Waals surface area (Å²) in [6, 6.07) is 3.72. The summed E-state index contributed by atoms with van der Waals surface area (Å²) in [5.74, 6) is 1.74. The first kappa shape index (κ1) is 23.1. The Morgan fingerprint density at radius 2 is 1.83 bits per heavy atom. The molecule has 1 N–H and O–H groups in total. The molecule has 9 heteroatoms. The maximum absolute atomic E-state index is 12.9. The maximum atomic E-state index is 12.9. The van der Waals surface area contributed by atoms with Gasteiger partial charge in [-0.3, -0.25) is 9.59 Å². The number of nitrogens with zero attached hydrogens (tertiary/aromatic N) is 2. The number of rotatable bonds is 6. The number of benzene rings is 1. The Bertz CT molecular complexity index is 705. The SMILES string of the molecule is COc1cc(CC(=O)N2CCCC(N3CCNCC3=O)C2)cc(OC)c1OC.Cl. The molecule has 0 saturated carbocycles. The summed E-state index contributed by atoms with van der Waals surface area (Å²) in [5, 5.41) is 3.10. The van der Waals surface area contributed by atoms with Crippen LogP contribution in [0, 0.1) is 0 Å². The van der Waals surface area contributed by atoms with E-state index in [2.05, 4.69) is 5.32 Å². The highest BCUT2D eigenvalue weighted by Gasteiger charge is 2.31. The topological polar surface area (TPSA) is 80.3 Å². The molecular formula is C20H30ClN3O5. The van der Waals surface area contributed by atoms with Gasteiger partial charge in [0.15, 0.2) is 11.5 Å². The van der Waals surface area contributed by atoms with Crippen LogP contribution in [0.25, 0.3) is 0 Å². The Morgan fingerprint density at radius 3 is 2.41 bits per heavy atom. The number of halogens is 1. The Labute approximate surface area is 177 Å². The number of likely N-dealkylation sites (tertiary alicyclic amines) is 1. The van der Waals surface area contributed by atoms with Gasteiger partial charge in [0.2, 0.25) is 17.6 Å². The molecule has 162 valence electrons. The van der Waals surface area contributed by atoms with Gasteiger partial charge in [0.05, 0.1) is 34.3 Å². The van der Waals surface area contributed by atoms with E-state index in [-0.39, 0.29) is 36.7 Å². The number of piperazine rings is 1. The van der Waals surface area contributed by atoms with Crippen LogP contribution in [0.15, 0.2) is 12.1 Å². The highest BCUT2D eigenvalue weighted by molar-refractivity contribution is 5.85. The fourth-order valence-electron chi connectivity index (χ4n) is 3.97. The average Bonchev–Trinajstić information content (AvgIpc) is 2.73. The zero-order valence-electron chi connectivity index (χ0n) is 17.2. The molecule has 2 saturated heterocycles. The molecule has 2 aliphatic rings. The van der Waals surface area contributed by atoms with Crippen LogP contribution in [-0.2, 0) is 16.0 Å². The van der Waals surface area contributed by atoms with E-state index >= 15 is 0 Å². The molecule has 3 rings (SSSR count). The largest absolute Gasteiger partial charge is 0.493 e. The number of carbonyl (C=O) groups is 2. The number of methoxy groups -OCH3 is 3. The predicted molar refractivity (Wildman–Crippen MR) is 111 cm³/mol. The van der Waals surface area contributed by atoms with E-state index in [1.807, 2.05) is 9.80 Å². The molecule has 0 bridgehead atoms. The lowest BCUT2D eigenvalue weighted by molar-refractivity contribution is -0.140. The predicted octanol–water partition coefficient (Wildman–Crippen LogP) is 1.10. The fraction of sp³-hybridized carbons (Fsp3) is 0.600. The van der Waals surface area contributed by atoms with Crippen molar-refractivity contribution in [2.75, 3.05) is 54.1 Å². The van der Waals surface area contributed by atoms with Crippen molar-refractivity contribution in [3.8, 4) is 17.2 Å². The molecule has 1 aromatic carbocycles. The second-order valence-electron chi connectivity index (χ2n) is 7.11. The summed E-state index contributed by atoms with van der Waals surface area (Å²) in [6.07, 6.45) is 2.10. The van der Waals surface area contributed by atoms with Crippen LogP contribution in [0.3, 0.4) is 0 Å². The Balaban J connectivity index is 0.00000300. The van der Waals surface area contributed by atoms with Gasteiger partial charge in [-0.25, -0.2) is 0 Å². The molecule has 2 amide bonds. The van der Waals surface area contributed by atoms with E-state index in [4.69, 9.17) is 14.2 Å². The highest BCUT2D eigenvalue weighted by Crippen LogP contribution is 2.38. The molecule has 0 spiro atoms. The third-order valence-electron chi connectivity index (χ3n) is 5.40. The minimum Gasteiger partial charge on any atom is -0.493 e. The Hall–Kier alpha value is -2.19. The normalized spacial score (nSPS) is 19.4. The van der Waals surface area contributed by atoms with Gasteiger partial charge in [0.1, 0.15) is 0 Å². The number of hydrogen-bond acceptors (Lipinski definition) is 6. The van der Waals surface area contributed by atoms with E-state index in [1.54, 1.807) is 33.5 Å². The van der Waals surface area contributed by atoms with Gasteiger partial charge in [-0.2, -0.15) is 0 Å². The van der Waals surface area contributed by atoms with Crippen LogP contribution >= 0.6 is 12.4 Å². The van der Waals surface area contributed by atoms with E-state index in [1.165, 1.54) is 0 Å². The van der Waals surface area contributed by atoms with Crippen molar-refractivity contribution in [1.29, 1.82) is 0 Å². The van der Waals surface area contributed by atoms with Crippen molar-refractivity contribution < 1.29 is 23.8 Å². The number of amides is 2. The lowest BCUT2D eigenvalue weighted by atomic mass is 10.0. The fourth-order valence-corrected chi connectivity index (χ4v) is 3.97. The molecule has 0 radical (unpaired) electrons. The monoisotopic (exact) mass is 427 g/mol. The van der Waals surface area contributed by atoms with Crippen LogP contribution < -0.4 is 19.5 Å². The first-order chi connectivity index (χ1) is 13.6. The second-order valence-corrected chi connectivity index (χ2v) is 7.11. The molecule has 2 fully saturated rings. The van der Waals surface area contributed by atoms with Crippen LogP contribution in [0.1, 0.15) is 18.4 Å². The van der Waals surface area contributed by atoms with Crippen molar-refractivity contribution in [2.24, 2.45) is 0 Å². The van der Waals surface area contributed by atoms with Crippen molar-refractivity contribution >= 4 is 24.2 Å². The van der Waals surface area contributed by atoms with E-state index < -0.39 is 0 Å². The molecule has 2 aliphatic heterocycles. The highest BCUT2D eigenvalue weighted by atomic mass is 35.5. The minimum atomic E-state index is 0. The van der Waals surface area contributed by atoms with Gasteiger partial charge in [-0.1, -0.05) is 0 Å². The van der Waals surface area contributed by atoms with Gasteiger partial charge in [-0.15, -0.1) is 12.4 Å². The lowest BCUT2D eigenvalue weighted by Crippen LogP contribution is -2.57. The van der Waals surface area contributed by atoms with Crippen molar-refractivity contribution in [1.82, 2.24) is 15.1 Å². The van der Waals surface area contributed by atoms with E-state index in [9.17, 15) is 9.59 Å². The van der Waals surface area contributed by atoms with Crippen LogP contribution in [-0.4, -0.2) is 81.7 Å². The number of nitrogens with one attached hydrogen (secondary N) is 1. The summed E-state index contributed by atoms with van der Waals surface area (Å²) >= 11 is 0. The molecule has 0 aromatic heterocycles. The molecule has 1 aromatic rings. The van der Waals surface area contributed by atoms with Crippen molar-refractivity contribution in [3.63, 3.8) is 0 Å². The lowest BCUT2D eigenvalue weighted by Gasteiger charge is -2.41. The minimum absolute atomic E-state index is 0. The quantitative estimate of drug-likeness (QED) is 0.732. The molecular weight excluding hydrogens is 398 g/mol. The van der Waals surface area contributed by atoms with Gasteiger partial charge in [0.25, 0.3) is 0 Å². The first-order valence-corrected chi connectivity index (χ1v) is 9.64. The number of piperidine rings is 1. The summed E-state index contributed by atoms with van der Waals surface area (Å²) in [4.78, 5) is 28.9. The zero-order valence-corrected chi connectivity index (χ0v) is 18.0. The van der Waals surface area contributed by atoms with E-state index in [0.29, 0.717) is 36.9 Å². The summed E-state index contributed by atoms with van der Waals surface area (Å²) in [5.41, 5.74) is 0.805. The molecule has 29 heavy (non-hydrogen) atoms. The van der Waals surface area contributed by atoms with Gasteiger partial charge < -0.3 is 29.3 Å².